The third kappa shape index (κ3) is 11.1. The number of esters is 1. The van der Waals surface area contributed by atoms with E-state index in [4.69, 9.17) is 4.74 Å². The largest absolute Gasteiger partial charge is 0.748 e. The molecule has 0 radical (unpaired) electrons. The molecule has 7 heteroatoms. The van der Waals surface area contributed by atoms with E-state index in [0.717, 1.165) is 24.0 Å². The lowest BCUT2D eigenvalue weighted by molar-refractivity contribution is -0.890. The van der Waals surface area contributed by atoms with E-state index < -0.39 is 15.4 Å². The van der Waals surface area contributed by atoms with Crippen LogP contribution in [0.2, 0.25) is 0 Å². The molecule has 1 fully saturated rings. The minimum Gasteiger partial charge on any atom is -0.748 e. The molecule has 1 aliphatic carbocycles. The van der Waals surface area contributed by atoms with Crippen LogP contribution in [0, 0.1) is 0 Å². The fourth-order valence-corrected chi connectivity index (χ4v) is 4.62. The number of hydrogen-bond donors (Lipinski definition) is 0. The van der Waals surface area contributed by atoms with E-state index in [1.807, 2.05) is 0 Å². The first-order valence-electron chi connectivity index (χ1n) is 10.6. The summed E-state index contributed by atoms with van der Waals surface area (Å²) in [6.45, 7) is 4.31. The molecule has 1 aliphatic rings. The smallest absolute Gasteiger partial charge is 0.306 e. The molecule has 0 aromatic carbocycles. The molecule has 0 unspecified atom stereocenters. The van der Waals surface area contributed by atoms with Crippen LogP contribution in [0.15, 0.2) is 0 Å². The zero-order chi connectivity index (χ0) is 20.3. The van der Waals surface area contributed by atoms with Crippen LogP contribution in [0.1, 0.15) is 84.0 Å². The van der Waals surface area contributed by atoms with Crippen molar-refractivity contribution in [1.82, 2.24) is 0 Å². The molecule has 0 amide bonds. The third-order valence-corrected chi connectivity index (χ3v) is 6.88. The molecule has 0 atom stereocenters. The molecule has 0 heterocycles. The SMILES string of the molecule is CCCCCCCC[N+](C)(C)CCCC(=O)OC1CCC(S(=O)(=O)[O-])CC1. The molecule has 0 aliphatic heterocycles. The van der Waals surface area contributed by atoms with Crippen LogP contribution in [0.5, 0.6) is 0 Å². The topological polar surface area (TPSA) is 83.5 Å². The maximum Gasteiger partial charge on any atom is 0.306 e. The zero-order valence-corrected chi connectivity index (χ0v) is 18.3. The highest BCUT2D eigenvalue weighted by atomic mass is 32.2. The summed E-state index contributed by atoms with van der Waals surface area (Å²) in [7, 11) is 0.205. The lowest BCUT2D eigenvalue weighted by atomic mass is 9.97. The van der Waals surface area contributed by atoms with Crippen LogP contribution in [0.4, 0.5) is 0 Å². The van der Waals surface area contributed by atoms with Crippen molar-refractivity contribution in [3.8, 4) is 0 Å². The Kier molecular flexibility index (Phi) is 10.9. The van der Waals surface area contributed by atoms with Gasteiger partial charge in [0.1, 0.15) is 6.10 Å². The lowest BCUT2D eigenvalue weighted by Gasteiger charge is -2.31. The van der Waals surface area contributed by atoms with Gasteiger partial charge >= 0.3 is 5.97 Å². The van der Waals surface area contributed by atoms with Crippen molar-refractivity contribution in [2.45, 2.75) is 95.3 Å². The molecule has 0 saturated heterocycles. The molecule has 6 nitrogen and oxygen atoms in total. The number of rotatable bonds is 13. The fraction of sp³-hybridized carbons (Fsp3) is 0.950. The molecule has 160 valence electrons. The first kappa shape index (κ1) is 24.4. The van der Waals surface area contributed by atoms with Crippen LogP contribution >= 0.6 is 0 Å². The van der Waals surface area contributed by atoms with Crippen LogP contribution < -0.4 is 0 Å². The number of nitrogens with zero attached hydrogens (tertiary/aromatic N) is 1. The number of quaternary nitrogens is 1. The Hall–Kier alpha value is -0.660. The summed E-state index contributed by atoms with van der Waals surface area (Å²) in [5.41, 5.74) is 0. The van der Waals surface area contributed by atoms with Crippen molar-refractivity contribution in [2.75, 3.05) is 27.2 Å². The standard InChI is InChI=1S/C20H39NO5S/c1-4-5-6-7-8-9-16-21(2,3)17-10-11-20(22)26-18-12-14-19(15-13-18)27(23,24)25/h18-19H,4-17H2,1-3H3. The Morgan fingerprint density at radius 2 is 1.52 bits per heavy atom. The summed E-state index contributed by atoms with van der Waals surface area (Å²) in [5.74, 6) is -0.206. The molecule has 0 aromatic rings. The van der Waals surface area contributed by atoms with Gasteiger partial charge in [0.2, 0.25) is 0 Å². The van der Waals surface area contributed by atoms with Gasteiger partial charge < -0.3 is 13.8 Å². The molecular weight excluding hydrogens is 366 g/mol. The Morgan fingerprint density at radius 1 is 0.963 bits per heavy atom. The number of carbonyl (C=O) groups excluding carboxylic acids is 1. The number of ether oxygens (including phenoxy) is 1. The summed E-state index contributed by atoms with van der Waals surface area (Å²) in [6.07, 6.45) is 10.3. The van der Waals surface area contributed by atoms with Gasteiger partial charge in [0.05, 0.1) is 43.7 Å². The summed E-state index contributed by atoms with van der Waals surface area (Å²) in [6, 6.07) is 0. The van der Waals surface area contributed by atoms with Gasteiger partial charge in [0.25, 0.3) is 0 Å². The zero-order valence-electron chi connectivity index (χ0n) is 17.5. The van der Waals surface area contributed by atoms with Gasteiger partial charge in [-0.15, -0.1) is 0 Å². The summed E-state index contributed by atoms with van der Waals surface area (Å²) < 4.78 is 39.5. The average molecular weight is 406 g/mol. The predicted molar refractivity (Wildman–Crippen MR) is 106 cm³/mol. The summed E-state index contributed by atoms with van der Waals surface area (Å²) in [4.78, 5) is 12.0. The van der Waals surface area contributed by atoms with Crippen LogP contribution in [0.25, 0.3) is 0 Å². The lowest BCUT2D eigenvalue weighted by Crippen LogP contribution is -2.41. The van der Waals surface area contributed by atoms with Gasteiger partial charge in [0, 0.05) is 11.7 Å². The Morgan fingerprint density at radius 3 is 2.11 bits per heavy atom. The first-order chi connectivity index (χ1) is 12.6. The van der Waals surface area contributed by atoms with Gasteiger partial charge in [-0.25, -0.2) is 8.42 Å². The van der Waals surface area contributed by atoms with Crippen LogP contribution in [-0.4, -0.2) is 62.0 Å². The minimum absolute atomic E-state index is 0.206. The molecule has 27 heavy (non-hydrogen) atoms. The normalized spacial score (nSPS) is 21.2. The van der Waals surface area contributed by atoms with E-state index in [-0.39, 0.29) is 12.1 Å². The van der Waals surface area contributed by atoms with Crippen molar-refractivity contribution >= 4 is 16.1 Å². The molecule has 0 N–H and O–H groups in total. The highest BCUT2D eigenvalue weighted by Gasteiger charge is 2.27. The Labute approximate surface area is 166 Å². The van der Waals surface area contributed by atoms with Crippen molar-refractivity contribution in [2.24, 2.45) is 0 Å². The maximum absolute atomic E-state index is 12.0. The average Bonchev–Trinajstić information content (AvgIpc) is 2.57. The van der Waals surface area contributed by atoms with E-state index in [9.17, 15) is 17.8 Å². The van der Waals surface area contributed by atoms with Gasteiger partial charge in [-0.1, -0.05) is 32.6 Å². The van der Waals surface area contributed by atoms with Gasteiger partial charge in [-0.2, -0.15) is 0 Å². The van der Waals surface area contributed by atoms with Crippen molar-refractivity contribution in [3.63, 3.8) is 0 Å². The third-order valence-electron chi connectivity index (χ3n) is 5.59. The van der Waals surface area contributed by atoms with E-state index in [2.05, 4.69) is 21.0 Å². The quantitative estimate of drug-likeness (QED) is 0.202. The summed E-state index contributed by atoms with van der Waals surface area (Å²) >= 11 is 0. The monoisotopic (exact) mass is 405 g/mol. The summed E-state index contributed by atoms with van der Waals surface area (Å²) in [5, 5.41) is -0.812. The second kappa shape index (κ2) is 12.0. The number of hydrogen-bond acceptors (Lipinski definition) is 5. The molecule has 0 bridgehead atoms. The Balaban J connectivity index is 2.14. The molecule has 1 saturated carbocycles. The van der Waals surface area contributed by atoms with E-state index in [1.165, 1.54) is 38.5 Å². The highest BCUT2D eigenvalue weighted by Crippen LogP contribution is 2.26. The number of unbranched alkanes of at least 4 members (excludes halogenated alkanes) is 5. The predicted octanol–water partition coefficient (Wildman–Crippen LogP) is 3.60. The molecular formula is C20H39NO5S. The van der Waals surface area contributed by atoms with Gasteiger partial charge in [-0.05, 0) is 38.5 Å². The van der Waals surface area contributed by atoms with Gasteiger partial charge in [-0.3, -0.25) is 4.79 Å². The van der Waals surface area contributed by atoms with Crippen molar-refractivity contribution in [3.05, 3.63) is 0 Å². The Bertz CT molecular complexity index is 524. The second-order valence-electron chi connectivity index (χ2n) is 8.64. The van der Waals surface area contributed by atoms with Crippen LogP contribution in [-0.2, 0) is 19.6 Å². The van der Waals surface area contributed by atoms with Crippen molar-refractivity contribution in [1.29, 1.82) is 0 Å². The molecule has 0 aromatic heterocycles. The van der Waals surface area contributed by atoms with Crippen molar-refractivity contribution < 1.29 is 27.0 Å². The minimum atomic E-state index is -4.22. The van der Waals surface area contributed by atoms with E-state index >= 15 is 0 Å². The van der Waals surface area contributed by atoms with E-state index in [0.29, 0.717) is 32.1 Å². The van der Waals surface area contributed by atoms with E-state index in [1.54, 1.807) is 0 Å². The van der Waals surface area contributed by atoms with Gasteiger partial charge in [0.15, 0.2) is 0 Å². The fourth-order valence-electron chi connectivity index (χ4n) is 3.77. The molecule has 1 rings (SSSR count). The second-order valence-corrected chi connectivity index (χ2v) is 10.3. The van der Waals surface area contributed by atoms with Crippen LogP contribution in [0.3, 0.4) is 0 Å². The first-order valence-corrected chi connectivity index (χ1v) is 12.1. The number of carbonyl (C=O) groups is 1. The maximum atomic E-state index is 12.0. The molecule has 0 spiro atoms. The highest BCUT2D eigenvalue weighted by molar-refractivity contribution is 7.86.